The highest BCUT2D eigenvalue weighted by molar-refractivity contribution is 5.88. The Morgan fingerprint density at radius 2 is 1.78 bits per heavy atom. The van der Waals surface area contributed by atoms with Crippen molar-refractivity contribution < 1.29 is 23.9 Å². The lowest BCUT2D eigenvalue weighted by molar-refractivity contribution is -0.155. The average molecular weight is 375 g/mol. The topological polar surface area (TPSA) is 81.7 Å². The van der Waals surface area contributed by atoms with E-state index in [1.165, 1.54) is 7.11 Å². The minimum atomic E-state index is -0.749. The second-order valence-electron chi connectivity index (χ2n) is 7.19. The van der Waals surface area contributed by atoms with Crippen LogP contribution in [0.25, 0.3) is 0 Å². The maximum Gasteiger partial charge on any atom is 0.328 e. The first-order chi connectivity index (χ1) is 12.9. The summed E-state index contributed by atoms with van der Waals surface area (Å²) >= 11 is 0. The lowest BCUT2D eigenvalue weighted by Crippen LogP contribution is -2.47. The molecule has 1 aromatic carbocycles. The van der Waals surface area contributed by atoms with Crippen LogP contribution >= 0.6 is 0 Å². The number of amides is 1. The van der Waals surface area contributed by atoms with Gasteiger partial charge in [-0.1, -0.05) is 63.4 Å². The van der Waals surface area contributed by atoms with Crippen LogP contribution in [0.1, 0.15) is 51.5 Å². The highest BCUT2D eigenvalue weighted by Crippen LogP contribution is 2.42. The minimum absolute atomic E-state index is 0.0809. The fourth-order valence-corrected chi connectivity index (χ4v) is 3.63. The van der Waals surface area contributed by atoms with Crippen molar-refractivity contribution in [2.24, 2.45) is 5.92 Å². The molecule has 1 aliphatic carbocycles. The molecule has 0 saturated heterocycles. The summed E-state index contributed by atoms with van der Waals surface area (Å²) in [5.74, 6) is -1.46. The monoisotopic (exact) mass is 375 g/mol. The van der Waals surface area contributed by atoms with Gasteiger partial charge in [-0.25, -0.2) is 4.79 Å². The largest absolute Gasteiger partial charge is 0.467 e. The molecule has 1 aromatic rings. The molecule has 2 rings (SSSR count). The van der Waals surface area contributed by atoms with Gasteiger partial charge in [0.2, 0.25) is 0 Å². The Labute approximate surface area is 160 Å². The quantitative estimate of drug-likeness (QED) is 0.707. The SMILES string of the molecule is CC[C@@H](C)[C@@H](NC(=O)COC(=O)C1(c2ccccc2)CCCC1)C(=O)OC. The van der Waals surface area contributed by atoms with E-state index in [1.54, 1.807) is 0 Å². The number of hydrogen-bond donors (Lipinski definition) is 1. The molecule has 1 amide bonds. The van der Waals surface area contributed by atoms with Gasteiger partial charge < -0.3 is 14.8 Å². The Bertz CT molecular complexity index is 652. The summed E-state index contributed by atoms with van der Waals surface area (Å²) in [5, 5.41) is 2.63. The third-order valence-electron chi connectivity index (χ3n) is 5.49. The molecule has 0 heterocycles. The first kappa shape index (κ1) is 20.9. The standard InChI is InChI=1S/C21H29NO5/c1-4-15(2)18(19(24)26-3)22-17(23)14-27-20(25)21(12-8-9-13-21)16-10-6-5-7-11-16/h5-7,10-11,15,18H,4,8-9,12-14H2,1-3H3,(H,22,23)/t15-,18-/m1/s1. The molecule has 1 fully saturated rings. The summed E-state index contributed by atoms with van der Waals surface area (Å²) in [4.78, 5) is 37.0. The summed E-state index contributed by atoms with van der Waals surface area (Å²) in [6, 6.07) is 8.84. The van der Waals surface area contributed by atoms with Crippen molar-refractivity contribution in [1.29, 1.82) is 0 Å². The predicted molar refractivity (Wildman–Crippen MR) is 101 cm³/mol. The van der Waals surface area contributed by atoms with Crippen LogP contribution in [0.4, 0.5) is 0 Å². The summed E-state index contributed by atoms with van der Waals surface area (Å²) in [7, 11) is 1.29. The Hall–Kier alpha value is -2.37. The molecule has 1 saturated carbocycles. The van der Waals surface area contributed by atoms with Crippen molar-refractivity contribution in [3.8, 4) is 0 Å². The molecule has 0 spiro atoms. The van der Waals surface area contributed by atoms with E-state index in [0.717, 1.165) is 31.2 Å². The van der Waals surface area contributed by atoms with Crippen molar-refractivity contribution in [3.05, 3.63) is 35.9 Å². The normalized spacial score (nSPS) is 17.6. The maximum absolute atomic E-state index is 12.8. The van der Waals surface area contributed by atoms with Crippen molar-refractivity contribution in [2.75, 3.05) is 13.7 Å². The molecule has 0 radical (unpaired) electrons. The van der Waals surface area contributed by atoms with E-state index >= 15 is 0 Å². The zero-order chi connectivity index (χ0) is 19.9. The second-order valence-corrected chi connectivity index (χ2v) is 7.19. The van der Waals surface area contributed by atoms with Crippen LogP contribution in [-0.4, -0.2) is 37.6 Å². The lowest BCUT2D eigenvalue weighted by atomic mass is 9.79. The molecule has 0 unspecified atom stereocenters. The zero-order valence-electron chi connectivity index (χ0n) is 16.3. The van der Waals surface area contributed by atoms with Gasteiger partial charge in [0.25, 0.3) is 5.91 Å². The summed E-state index contributed by atoms with van der Waals surface area (Å²) < 4.78 is 10.1. The number of rotatable bonds is 8. The third-order valence-corrected chi connectivity index (χ3v) is 5.49. The van der Waals surface area contributed by atoms with E-state index in [-0.39, 0.29) is 11.9 Å². The number of carbonyl (C=O) groups is 3. The number of methoxy groups -OCH3 is 1. The van der Waals surface area contributed by atoms with Crippen LogP contribution in [0, 0.1) is 5.92 Å². The van der Waals surface area contributed by atoms with Crippen molar-refractivity contribution in [3.63, 3.8) is 0 Å². The minimum Gasteiger partial charge on any atom is -0.467 e. The molecule has 27 heavy (non-hydrogen) atoms. The van der Waals surface area contributed by atoms with Crippen LogP contribution in [-0.2, 0) is 29.3 Å². The number of benzene rings is 1. The Balaban J connectivity index is 2.01. The molecule has 1 N–H and O–H groups in total. The second kappa shape index (κ2) is 9.53. The van der Waals surface area contributed by atoms with Crippen LogP contribution in [0.15, 0.2) is 30.3 Å². The van der Waals surface area contributed by atoms with E-state index in [0.29, 0.717) is 6.42 Å². The predicted octanol–water partition coefficient (Wildman–Crippen LogP) is 2.75. The Morgan fingerprint density at radius 3 is 2.33 bits per heavy atom. The van der Waals surface area contributed by atoms with Crippen molar-refractivity contribution in [2.45, 2.75) is 57.4 Å². The molecule has 1 aliphatic rings. The van der Waals surface area contributed by atoms with Gasteiger partial charge in [-0.15, -0.1) is 0 Å². The number of esters is 2. The highest BCUT2D eigenvalue weighted by Gasteiger charge is 2.44. The van der Waals surface area contributed by atoms with Gasteiger partial charge in [0.15, 0.2) is 6.61 Å². The fourth-order valence-electron chi connectivity index (χ4n) is 3.63. The van der Waals surface area contributed by atoms with Crippen LogP contribution in [0.5, 0.6) is 0 Å². The molecule has 0 bridgehead atoms. The molecular formula is C21H29NO5. The third kappa shape index (κ3) is 4.87. The lowest BCUT2D eigenvalue weighted by Gasteiger charge is -2.27. The Kier molecular flexibility index (Phi) is 7.39. The molecule has 0 aromatic heterocycles. The van der Waals surface area contributed by atoms with Crippen LogP contribution < -0.4 is 5.32 Å². The zero-order valence-corrected chi connectivity index (χ0v) is 16.3. The number of hydrogen-bond acceptors (Lipinski definition) is 5. The molecule has 148 valence electrons. The first-order valence-corrected chi connectivity index (χ1v) is 9.54. The van der Waals surface area contributed by atoms with Crippen LogP contribution in [0.2, 0.25) is 0 Å². The van der Waals surface area contributed by atoms with E-state index in [1.807, 2.05) is 44.2 Å². The summed E-state index contributed by atoms with van der Waals surface area (Å²) in [5.41, 5.74) is 0.250. The first-order valence-electron chi connectivity index (χ1n) is 9.54. The smallest absolute Gasteiger partial charge is 0.328 e. The maximum atomic E-state index is 12.8. The van der Waals surface area contributed by atoms with E-state index < -0.39 is 29.9 Å². The van der Waals surface area contributed by atoms with Gasteiger partial charge in [0.1, 0.15) is 6.04 Å². The Morgan fingerprint density at radius 1 is 1.15 bits per heavy atom. The van der Waals surface area contributed by atoms with Gasteiger partial charge in [0.05, 0.1) is 12.5 Å². The molecular weight excluding hydrogens is 346 g/mol. The van der Waals surface area contributed by atoms with Crippen molar-refractivity contribution >= 4 is 17.8 Å². The molecule has 6 nitrogen and oxygen atoms in total. The molecule has 2 atom stereocenters. The van der Waals surface area contributed by atoms with Gasteiger partial charge in [-0.05, 0) is 24.3 Å². The van der Waals surface area contributed by atoms with E-state index in [9.17, 15) is 14.4 Å². The van der Waals surface area contributed by atoms with E-state index in [4.69, 9.17) is 9.47 Å². The summed E-state index contributed by atoms with van der Waals surface area (Å²) in [6.07, 6.45) is 4.05. The van der Waals surface area contributed by atoms with E-state index in [2.05, 4.69) is 5.32 Å². The van der Waals surface area contributed by atoms with Crippen LogP contribution in [0.3, 0.4) is 0 Å². The van der Waals surface area contributed by atoms with Gasteiger partial charge in [0, 0.05) is 0 Å². The van der Waals surface area contributed by atoms with Gasteiger partial charge >= 0.3 is 11.9 Å². The number of nitrogens with one attached hydrogen (secondary N) is 1. The highest BCUT2D eigenvalue weighted by atomic mass is 16.5. The number of ether oxygens (including phenoxy) is 2. The molecule has 6 heteroatoms. The fraction of sp³-hybridized carbons (Fsp3) is 0.571. The average Bonchev–Trinajstić information content (AvgIpc) is 3.21. The molecule has 0 aliphatic heterocycles. The van der Waals surface area contributed by atoms with Gasteiger partial charge in [-0.3, -0.25) is 9.59 Å². The summed E-state index contributed by atoms with van der Waals surface area (Å²) in [6.45, 7) is 3.38. The van der Waals surface area contributed by atoms with Gasteiger partial charge in [-0.2, -0.15) is 0 Å². The van der Waals surface area contributed by atoms with Crippen molar-refractivity contribution in [1.82, 2.24) is 5.32 Å². The number of carbonyl (C=O) groups excluding carboxylic acids is 3.